The van der Waals surface area contributed by atoms with E-state index in [1.807, 2.05) is 6.07 Å². The molecule has 1 aliphatic carbocycles. The van der Waals surface area contributed by atoms with Crippen molar-refractivity contribution in [2.45, 2.75) is 44.6 Å². The lowest BCUT2D eigenvalue weighted by Crippen LogP contribution is -2.27. The van der Waals surface area contributed by atoms with Crippen molar-refractivity contribution in [1.82, 2.24) is 15.0 Å². The zero-order chi connectivity index (χ0) is 22.0. The Bertz CT molecular complexity index is 1240. The van der Waals surface area contributed by atoms with Crippen LogP contribution in [0.5, 0.6) is 0 Å². The Morgan fingerprint density at radius 1 is 1.29 bits per heavy atom. The molecular formula is C22H26N6O2S. The summed E-state index contributed by atoms with van der Waals surface area (Å²) >= 11 is 0. The van der Waals surface area contributed by atoms with Crippen LogP contribution in [0.3, 0.4) is 0 Å². The Balaban J connectivity index is 1.67. The van der Waals surface area contributed by atoms with E-state index in [1.165, 1.54) is 32.0 Å². The minimum absolute atomic E-state index is 0.320. The van der Waals surface area contributed by atoms with Crippen LogP contribution in [0.1, 0.15) is 54.8 Å². The van der Waals surface area contributed by atoms with E-state index in [9.17, 15) is 13.7 Å². The van der Waals surface area contributed by atoms with Crippen LogP contribution in [0.25, 0.3) is 11.0 Å². The van der Waals surface area contributed by atoms with Crippen LogP contribution in [0.2, 0.25) is 0 Å². The average molecular weight is 439 g/mol. The number of aromatic amines is 1. The van der Waals surface area contributed by atoms with Gasteiger partial charge in [-0.2, -0.15) is 5.26 Å². The number of hydrogen-bond donors (Lipinski definition) is 2. The van der Waals surface area contributed by atoms with E-state index in [4.69, 9.17) is 0 Å². The van der Waals surface area contributed by atoms with Crippen molar-refractivity contribution in [2.75, 3.05) is 22.9 Å². The van der Waals surface area contributed by atoms with Crippen molar-refractivity contribution < 1.29 is 8.42 Å². The van der Waals surface area contributed by atoms with Crippen LogP contribution in [-0.4, -0.2) is 36.7 Å². The molecular weight excluding hydrogens is 412 g/mol. The first-order chi connectivity index (χ1) is 14.9. The zero-order valence-corrected chi connectivity index (χ0v) is 18.5. The molecule has 0 unspecified atom stereocenters. The number of hydrogen-bond acceptors (Lipinski definition) is 6. The van der Waals surface area contributed by atoms with Crippen molar-refractivity contribution in [3.63, 3.8) is 0 Å². The fraction of sp³-hybridized carbons (Fsp3) is 0.409. The van der Waals surface area contributed by atoms with E-state index in [0.29, 0.717) is 35.1 Å². The Morgan fingerprint density at radius 3 is 2.77 bits per heavy atom. The highest BCUT2D eigenvalue weighted by atomic mass is 32.2. The Labute approximate surface area is 182 Å². The van der Waals surface area contributed by atoms with Gasteiger partial charge in [-0.15, -0.1) is 0 Å². The Morgan fingerprint density at radius 2 is 2.06 bits per heavy atom. The molecule has 1 fully saturated rings. The van der Waals surface area contributed by atoms with Gasteiger partial charge in [0, 0.05) is 42.6 Å². The molecule has 0 bridgehead atoms. The molecule has 31 heavy (non-hydrogen) atoms. The third-order valence-corrected chi connectivity index (χ3v) is 7.13. The van der Waals surface area contributed by atoms with Crippen molar-refractivity contribution in [3.8, 4) is 6.07 Å². The largest absolute Gasteiger partial charge is 0.379 e. The molecule has 3 aromatic rings. The summed E-state index contributed by atoms with van der Waals surface area (Å²) in [4.78, 5) is 12.1. The Hall–Kier alpha value is -3.12. The first-order valence-electron chi connectivity index (χ1n) is 10.4. The molecule has 4 rings (SSSR count). The highest BCUT2D eigenvalue weighted by molar-refractivity contribution is 7.92. The van der Waals surface area contributed by atoms with E-state index < -0.39 is 10.0 Å². The van der Waals surface area contributed by atoms with Crippen molar-refractivity contribution in [1.29, 1.82) is 5.26 Å². The smallest absolute Gasteiger partial charge is 0.233 e. The summed E-state index contributed by atoms with van der Waals surface area (Å²) in [6.07, 6.45) is 10.4. The second kappa shape index (κ2) is 8.55. The van der Waals surface area contributed by atoms with Gasteiger partial charge in [-0.05, 0) is 30.9 Å². The predicted octanol–water partition coefficient (Wildman–Crippen LogP) is 3.89. The molecule has 0 amide bonds. The molecule has 2 N–H and O–H groups in total. The van der Waals surface area contributed by atoms with Crippen molar-refractivity contribution in [2.24, 2.45) is 0 Å². The number of anilines is 2. The van der Waals surface area contributed by atoms with Gasteiger partial charge < -0.3 is 10.3 Å². The van der Waals surface area contributed by atoms with Gasteiger partial charge in [0.1, 0.15) is 17.5 Å². The molecule has 1 saturated carbocycles. The first kappa shape index (κ1) is 21.1. The van der Waals surface area contributed by atoms with Crippen LogP contribution < -0.4 is 9.62 Å². The number of sulfonamides is 1. The molecule has 1 aliphatic rings. The molecule has 9 heteroatoms. The van der Waals surface area contributed by atoms with Crippen molar-refractivity contribution in [3.05, 3.63) is 47.4 Å². The van der Waals surface area contributed by atoms with Crippen molar-refractivity contribution >= 4 is 32.6 Å². The van der Waals surface area contributed by atoms with Crippen LogP contribution in [0.15, 0.2) is 30.6 Å². The van der Waals surface area contributed by atoms with Crippen LogP contribution in [0, 0.1) is 11.3 Å². The maximum Gasteiger partial charge on any atom is 0.233 e. The fourth-order valence-electron chi connectivity index (χ4n) is 4.20. The lowest BCUT2D eigenvalue weighted by atomic mass is 9.87. The number of nitriles is 1. The van der Waals surface area contributed by atoms with E-state index in [1.54, 1.807) is 18.5 Å². The molecule has 3 heterocycles. The summed E-state index contributed by atoms with van der Waals surface area (Å²) in [7, 11) is -1.96. The van der Waals surface area contributed by atoms with Gasteiger partial charge in [0.25, 0.3) is 0 Å². The second-order valence-electron chi connectivity index (χ2n) is 8.05. The molecule has 8 nitrogen and oxygen atoms in total. The summed E-state index contributed by atoms with van der Waals surface area (Å²) < 4.78 is 25.2. The Kier molecular flexibility index (Phi) is 5.83. The molecule has 0 saturated heterocycles. The monoisotopic (exact) mass is 438 g/mol. The zero-order valence-electron chi connectivity index (χ0n) is 17.7. The van der Waals surface area contributed by atoms with Gasteiger partial charge in [0.05, 0.1) is 17.5 Å². The quantitative estimate of drug-likeness (QED) is 0.603. The standard InChI is InChI=1S/C22H26N6O2S/c1-28(31(2,29)30)22-16(9-6-10-24-22)13-25-20-17(12-23)14-26-21-18(20)11-19(27-21)15-7-4-3-5-8-15/h6,9-11,14-15H,3-5,7-8,13H2,1-2H3,(H2,25,26,27). The maximum absolute atomic E-state index is 12.0. The van der Waals surface area contributed by atoms with E-state index >= 15 is 0 Å². The lowest BCUT2D eigenvalue weighted by molar-refractivity contribution is 0.438. The molecule has 3 aromatic heterocycles. The average Bonchev–Trinajstić information content (AvgIpc) is 3.21. The van der Waals surface area contributed by atoms with Crippen LogP contribution >= 0.6 is 0 Å². The normalized spacial score (nSPS) is 15.0. The number of aromatic nitrogens is 3. The molecule has 0 aromatic carbocycles. The number of pyridine rings is 2. The minimum atomic E-state index is -3.44. The SMILES string of the molecule is CN(c1ncccc1CNc1c(C#N)cnc2[nH]c(C3CCCCC3)cc12)S(C)(=O)=O. The summed E-state index contributed by atoms with van der Waals surface area (Å²) in [5.74, 6) is 0.855. The highest BCUT2D eigenvalue weighted by Crippen LogP contribution is 2.36. The maximum atomic E-state index is 12.0. The number of H-pyrrole nitrogens is 1. The lowest BCUT2D eigenvalue weighted by Gasteiger charge is -2.20. The van der Waals surface area contributed by atoms with Gasteiger partial charge in [0.2, 0.25) is 10.0 Å². The van der Waals surface area contributed by atoms with Gasteiger partial charge in [0.15, 0.2) is 0 Å². The van der Waals surface area contributed by atoms with Gasteiger partial charge in [-0.1, -0.05) is 25.3 Å². The van der Waals surface area contributed by atoms with Crippen LogP contribution in [0.4, 0.5) is 11.5 Å². The second-order valence-corrected chi connectivity index (χ2v) is 10.1. The van der Waals surface area contributed by atoms with E-state index in [2.05, 4.69) is 32.4 Å². The third-order valence-electron chi connectivity index (χ3n) is 5.96. The summed E-state index contributed by atoms with van der Waals surface area (Å²) in [5, 5.41) is 13.9. The summed E-state index contributed by atoms with van der Waals surface area (Å²) in [6.45, 7) is 0.320. The summed E-state index contributed by atoms with van der Waals surface area (Å²) in [6, 6.07) is 7.91. The van der Waals surface area contributed by atoms with Crippen LogP contribution in [-0.2, 0) is 16.6 Å². The molecule has 162 valence electrons. The van der Waals surface area contributed by atoms with Gasteiger partial charge in [-0.25, -0.2) is 18.4 Å². The topological polar surface area (TPSA) is 115 Å². The number of fused-ring (bicyclic) bond motifs is 1. The molecule has 0 aliphatic heterocycles. The minimum Gasteiger partial charge on any atom is -0.379 e. The predicted molar refractivity (Wildman–Crippen MR) is 121 cm³/mol. The van der Waals surface area contributed by atoms with E-state index in [0.717, 1.165) is 34.4 Å². The fourth-order valence-corrected chi connectivity index (χ4v) is 4.67. The molecule has 0 atom stereocenters. The third kappa shape index (κ3) is 4.35. The molecule has 0 spiro atoms. The van der Waals surface area contributed by atoms with E-state index in [-0.39, 0.29) is 0 Å². The number of nitrogens with zero attached hydrogens (tertiary/aromatic N) is 4. The first-order valence-corrected chi connectivity index (χ1v) is 12.3. The van der Waals surface area contributed by atoms with Gasteiger partial charge in [-0.3, -0.25) is 4.31 Å². The van der Waals surface area contributed by atoms with Gasteiger partial charge >= 0.3 is 0 Å². The molecule has 0 radical (unpaired) electrons. The summed E-state index contributed by atoms with van der Waals surface area (Å²) in [5.41, 5.74) is 3.78. The highest BCUT2D eigenvalue weighted by Gasteiger charge is 2.21. The number of rotatable bonds is 6. The number of nitrogens with one attached hydrogen (secondary N) is 2.